The fourth-order valence-electron chi connectivity index (χ4n) is 2.50. The number of hydrogen-bond acceptors (Lipinski definition) is 9. The Kier molecular flexibility index (Phi) is 7.11. The van der Waals surface area contributed by atoms with Gasteiger partial charge in [-0.15, -0.1) is 0 Å². The molecule has 0 aliphatic carbocycles. The van der Waals surface area contributed by atoms with Crippen LogP contribution in [-0.4, -0.2) is 55.0 Å². The average molecular weight is 346 g/mol. The molecule has 0 bridgehead atoms. The van der Waals surface area contributed by atoms with Crippen molar-refractivity contribution < 1.29 is 38.1 Å². The fraction of sp³-hybridized carbons (Fsp3) is 0.714. The van der Waals surface area contributed by atoms with Gasteiger partial charge < -0.3 is 30.4 Å². The molecule has 0 saturated carbocycles. The molecule has 1 aliphatic heterocycles. The Morgan fingerprint density at radius 2 is 1.50 bits per heavy atom. The molecule has 10 nitrogen and oxygen atoms in total. The molecule has 136 valence electrons. The lowest BCUT2D eigenvalue weighted by atomic mass is 9.87. The third-order valence-electron chi connectivity index (χ3n) is 3.36. The summed E-state index contributed by atoms with van der Waals surface area (Å²) >= 11 is 0. The smallest absolute Gasteiger partial charge is 0.303 e. The zero-order valence-corrected chi connectivity index (χ0v) is 13.7. The number of nitrogens with two attached hydrogens (primary N) is 2. The number of carbonyl (C=O) groups is 4. The topological polar surface area (TPSA) is 157 Å². The van der Waals surface area contributed by atoms with Crippen LogP contribution >= 0.6 is 0 Å². The molecule has 24 heavy (non-hydrogen) atoms. The molecule has 1 heterocycles. The van der Waals surface area contributed by atoms with Crippen LogP contribution in [0.2, 0.25) is 0 Å². The molecule has 5 atom stereocenters. The van der Waals surface area contributed by atoms with E-state index in [-0.39, 0.29) is 13.0 Å². The van der Waals surface area contributed by atoms with Crippen molar-refractivity contribution in [3.8, 4) is 0 Å². The molecule has 0 aromatic carbocycles. The van der Waals surface area contributed by atoms with E-state index in [1.807, 2.05) is 0 Å². The van der Waals surface area contributed by atoms with Crippen LogP contribution in [0.4, 0.5) is 0 Å². The van der Waals surface area contributed by atoms with Crippen molar-refractivity contribution in [2.75, 3.05) is 6.61 Å². The van der Waals surface area contributed by atoms with E-state index in [9.17, 15) is 19.2 Å². The molecule has 1 fully saturated rings. The lowest BCUT2D eigenvalue weighted by Gasteiger charge is -2.43. The minimum atomic E-state index is -1.10. The summed E-state index contributed by atoms with van der Waals surface area (Å²) in [5.74, 6) is -3.40. The SMILES string of the molecule is CC(=O)OC[C@H]1O[C@@H](N)[C@@H](CC(N)=O)[C@@H](OC(C)=O)[C@@H]1OC(C)=O. The van der Waals surface area contributed by atoms with Gasteiger partial charge in [0.2, 0.25) is 5.91 Å². The van der Waals surface area contributed by atoms with Gasteiger partial charge in [0.1, 0.15) is 25.0 Å². The zero-order chi connectivity index (χ0) is 18.4. The Bertz CT molecular complexity index is 509. The highest BCUT2D eigenvalue weighted by Crippen LogP contribution is 2.31. The molecule has 1 amide bonds. The molecule has 4 N–H and O–H groups in total. The second kappa shape index (κ2) is 8.60. The normalized spacial score (nSPS) is 29.4. The van der Waals surface area contributed by atoms with E-state index in [0.717, 1.165) is 13.8 Å². The molecule has 0 unspecified atom stereocenters. The summed E-state index contributed by atoms with van der Waals surface area (Å²) in [7, 11) is 0. The molecule has 0 radical (unpaired) electrons. The fourth-order valence-corrected chi connectivity index (χ4v) is 2.50. The van der Waals surface area contributed by atoms with Crippen molar-refractivity contribution in [3.05, 3.63) is 0 Å². The number of esters is 3. The summed E-state index contributed by atoms with van der Waals surface area (Å²) in [5.41, 5.74) is 11.1. The first-order valence-corrected chi connectivity index (χ1v) is 7.29. The Balaban J connectivity index is 3.11. The van der Waals surface area contributed by atoms with Gasteiger partial charge in [-0.05, 0) is 0 Å². The van der Waals surface area contributed by atoms with E-state index in [2.05, 4.69) is 0 Å². The highest BCUT2D eigenvalue weighted by atomic mass is 16.6. The number of amides is 1. The van der Waals surface area contributed by atoms with Crippen LogP contribution in [0, 0.1) is 5.92 Å². The first kappa shape index (κ1) is 19.8. The van der Waals surface area contributed by atoms with Crippen LogP contribution < -0.4 is 11.5 Å². The van der Waals surface area contributed by atoms with Crippen molar-refractivity contribution in [1.29, 1.82) is 0 Å². The number of primary amides is 1. The second-order valence-electron chi connectivity index (χ2n) is 5.42. The first-order chi connectivity index (χ1) is 11.1. The maximum Gasteiger partial charge on any atom is 0.303 e. The van der Waals surface area contributed by atoms with Crippen molar-refractivity contribution >= 4 is 23.8 Å². The third-order valence-corrected chi connectivity index (χ3v) is 3.36. The Morgan fingerprint density at radius 3 is 1.96 bits per heavy atom. The monoisotopic (exact) mass is 346 g/mol. The predicted octanol–water partition coefficient (Wildman–Crippen LogP) is -1.41. The van der Waals surface area contributed by atoms with Crippen molar-refractivity contribution in [2.24, 2.45) is 17.4 Å². The third kappa shape index (κ3) is 5.78. The van der Waals surface area contributed by atoms with Crippen molar-refractivity contribution in [3.63, 3.8) is 0 Å². The lowest BCUT2D eigenvalue weighted by Crippen LogP contribution is -2.61. The molecule has 10 heteroatoms. The summed E-state index contributed by atoms with van der Waals surface area (Å²) in [6, 6.07) is 0. The van der Waals surface area contributed by atoms with Gasteiger partial charge in [-0.2, -0.15) is 0 Å². The molecule has 1 saturated heterocycles. The number of ether oxygens (including phenoxy) is 4. The summed E-state index contributed by atoms with van der Waals surface area (Å²) in [6.07, 6.45) is -4.40. The number of carbonyl (C=O) groups excluding carboxylic acids is 4. The van der Waals surface area contributed by atoms with Crippen LogP contribution in [0.3, 0.4) is 0 Å². The molecule has 1 rings (SSSR count). The van der Waals surface area contributed by atoms with E-state index in [1.54, 1.807) is 0 Å². The van der Waals surface area contributed by atoms with Gasteiger partial charge in [-0.3, -0.25) is 19.2 Å². The van der Waals surface area contributed by atoms with Gasteiger partial charge in [0.05, 0.1) is 0 Å². The predicted molar refractivity (Wildman–Crippen MR) is 77.9 cm³/mol. The van der Waals surface area contributed by atoms with E-state index < -0.39 is 54.3 Å². The van der Waals surface area contributed by atoms with Crippen LogP contribution in [0.5, 0.6) is 0 Å². The van der Waals surface area contributed by atoms with Crippen LogP contribution in [-0.2, 0) is 38.1 Å². The minimum Gasteiger partial charge on any atom is -0.463 e. The molecule has 1 aliphatic rings. The Morgan fingerprint density at radius 1 is 0.958 bits per heavy atom. The van der Waals surface area contributed by atoms with E-state index in [1.165, 1.54) is 6.92 Å². The molecular weight excluding hydrogens is 324 g/mol. The highest BCUT2D eigenvalue weighted by molar-refractivity contribution is 5.74. The van der Waals surface area contributed by atoms with Gasteiger partial charge in [-0.1, -0.05) is 0 Å². The summed E-state index contributed by atoms with van der Waals surface area (Å²) in [4.78, 5) is 45.1. The van der Waals surface area contributed by atoms with Gasteiger partial charge in [0.15, 0.2) is 6.10 Å². The molecule has 0 aromatic rings. The van der Waals surface area contributed by atoms with Gasteiger partial charge >= 0.3 is 17.9 Å². The number of rotatable bonds is 6. The summed E-state index contributed by atoms with van der Waals surface area (Å²) in [5, 5.41) is 0. The maximum atomic E-state index is 11.4. The highest BCUT2D eigenvalue weighted by Gasteiger charge is 2.49. The Hall–Kier alpha value is -2.20. The van der Waals surface area contributed by atoms with Crippen LogP contribution in [0.1, 0.15) is 27.2 Å². The summed E-state index contributed by atoms with van der Waals surface area (Å²) in [6.45, 7) is 3.25. The molecule has 0 aromatic heterocycles. The minimum absolute atomic E-state index is 0.239. The molecular formula is C14H22N2O8. The standard InChI is InChI=1S/C14H22N2O8/c1-6(17)21-5-10-13(23-8(3)19)12(22-7(2)18)9(4-11(15)20)14(16)24-10/h9-10,12-14H,4-5,16H2,1-3H3,(H2,15,20)/t9-,10+,12+,13+,14+/m0/s1. The van der Waals surface area contributed by atoms with E-state index in [4.69, 9.17) is 30.4 Å². The van der Waals surface area contributed by atoms with Crippen LogP contribution in [0.15, 0.2) is 0 Å². The van der Waals surface area contributed by atoms with E-state index >= 15 is 0 Å². The number of hydrogen-bond donors (Lipinski definition) is 2. The summed E-state index contributed by atoms with van der Waals surface area (Å²) < 4.78 is 20.7. The second-order valence-corrected chi connectivity index (χ2v) is 5.42. The van der Waals surface area contributed by atoms with Gasteiger partial charge in [0.25, 0.3) is 0 Å². The quantitative estimate of drug-likeness (QED) is 0.435. The van der Waals surface area contributed by atoms with Crippen molar-refractivity contribution in [2.45, 2.75) is 51.7 Å². The van der Waals surface area contributed by atoms with Gasteiger partial charge in [-0.25, -0.2) is 0 Å². The average Bonchev–Trinajstić information content (AvgIpc) is 2.42. The van der Waals surface area contributed by atoms with Crippen molar-refractivity contribution in [1.82, 2.24) is 0 Å². The van der Waals surface area contributed by atoms with Gasteiger partial charge in [0, 0.05) is 33.1 Å². The first-order valence-electron chi connectivity index (χ1n) is 7.29. The zero-order valence-electron chi connectivity index (χ0n) is 13.7. The van der Waals surface area contributed by atoms with Crippen LogP contribution in [0.25, 0.3) is 0 Å². The Labute approximate surface area is 138 Å². The lowest BCUT2D eigenvalue weighted by molar-refractivity contribution is -0.232. The maximum absolute atomic E-state index is 11.4. The molecule has 0 spiro atoms. The largest absolute Gasteiger partial charge is 0.463 e. The van der Waals surface area contributed by atoms with E-state index in [0.29, 0.717) is 0 Å².